The molecule has 126 valence electrons. The smallest absolute Gasteiger partial charge is 0.249 e. The minimum absolute atomic E-state index is 0. The summed E-state index contributed by atoms with van der Waals surface area (Å²) in [6.45, 7) is 4.45. The van der Waals surface area contributed by atoms with Gasteiger partial charge in [0, 0.05) is 25.2 Å². The maximum atomic E-state index is 11.7. The number of primary amides is 1. The Morgan fingerprint density at radius 3 is 2.65 bits per heavy atom. The lowest BCUT2D eigenvalue weighted by molar-refractivity contribution is 0.0342. The lowest BCUT2D eigenvalue weighted by Crippen LogP contribution is -2.35. The third-order valence-electron chi connectivity index (χ3n) is 4.50. The number of rotatable bonds is 4. The second kappa shape index (κ2) is 8.48. The topological polar surface area (TPSA) is 55.6 Å². The van der Waals surface area contributed by atoms with E-state index in [9.17, 15) is 4.79 Å². The molecule has 0 atom stereocenters. The first-order valence-electron chi connectivity index (χ1n) is 8.16. The van der Waals surface area contributed by atoms with Gasteiger partial charge in [0.1, 0.15) is 0 Å². The summed E-state index contributed by atoms with van der Waals surface area (Å²) < 4.78 is 5.39. The van der Waals surface area contributed by atoms with Crippen molar-refractivity contribution in [3.05, 3.63) is 41.0 Å². The molecule has 1 aliphatic carbocycles. The molecule has 0 bridgehead atoms. The van der Waals surface area contributed by atoms with Crippen LogP contribution in [0.4, 0.5) is 0 Å². The van der Waals surface area contributed by atoms with Gasteiger partial charge >= 0.3 is 0 Å². The molecule has 2 aliphatic rings. The highest BCUT2D eigenvalue weighted by atomic mass is 35.5. The van der Waals surface area contributed by atoms with E-state index in [-0.39, 0.29) is 18.3 Å². The first-order chi connectivity index (χ1) is 10.7. The number of ether oxygens (including phenoxy) is 1. The Balaban J connectivity index is 0.00000192. The maximum Gasteiger partial charge on any atom is 0.249 e. The Morgan fingerprint density at radius 1 is 1.22 bits per heavy atom. The molecule has 1 amide bonds. The van der Waals surface area contributed by atoms with Crippen molar-refractivity contribution in [2.24, 2.45) is 5.73 Å². The number of carbonyl (C=O) groups is 1. The van der Waals surface area contributed by atoms with Gasteiger partial charge in [-0.1, -0.05) is 12.1 Å². The number of hydrogen-bond acceptors (Lipinski definition) is 3. The number of nitrogens with two attached hydrogens (primary N) is 1. The van der Waals surface area contributed by atoms with Crippen LogP contribution in [-0.4, -0.2) is 37.1 Å². The molecule has 23 heavy (non-hydrogen) atoms. The van der Waals surface area contributed by atoms with Gasteiger partial charge in [0.25, 0.3) is 0 Å². The SMILES string of the molecule is Cl.NC(=O)c1ccc(CN2CCOCC2)cc1C1=CCCCC1. The molecule has 1 aromatic carbocycles. The van der Waals surface area contributed by atoms with Crippen LogP contribution in [0.1, 0.15) is 47.2 Å². The van der Waals surface area contributed by atoms with Gasteiger partial charge in [-0.05, 0) is 54.5 Å². The van der Waals surface area contributed by atoms with Crippen molar-refractivity contribution in [1.29, 1.82) is 0 Å². The summed E-state index contributed by atoms with van der Waals surface area (Å²) in [4.78, 5) is 14.1. The predicted molar refractivity (Wildman–Crippen MR) is 94.7 cm³/mol. The summed E-state index contributed by atoms with van der Waals surface area (Å²) in [7, 11) is 0. The fraction of sp³-hybridized carbons (Fsp3) is 0.500. The zero-order chi connectivity index (χ0) is 15.4. The highest BCUT2D eigenvalue weighted by molar-refractivity contribution is 5.98. The summed E-state index contributed by atoms with van der Waals surface area (Å²) in [5.74, 6) is -0.334. The van der Waals surface area contributed by atoms with Crippen LogP contribution >= 0.6 is 12.4 Å². The summed E-state index contributed by atoms with van der Waals surface area (Å²) in [6.07, 6.45) is 6.84. The van der Waals surface area contributed by atoms with Crippen molar-refractivity contribution in [3.63, 3.8) is 0 Å². The highest BCUT2D eigenvalue weighted by Crippen LogP contribution is 2.30. The van der Waals surface area contributed by atoms with Crippen LogP contribution in [0, 0.1) is 0 Å². The lowest BCUT2D eigenvalue weighted by Gasteiger charge is -2.27. The van der Waals surface area contributed by atoms with Crippen LogP contribution in [0.3, 0.4) is 0 Å². The van der Waals surface area contributed by atoms with Gasteiger partial charge in [0.2, 0.25) is 5.91 Å². The molecular weight excluding hydrogens is 312 g/mol. The molecule has 2 N–H and O–H groups in total. The maximum absolute atomic E-state index is 11.7. The predicted octanol–water partition coefficient (Wildman–Crippen LogP) is 3.00. The van der Waals surface area contributed by atoms with Crippen molar-refractivity contribution < 1.29 is 9.53 Å². The van der Waals surface area contributed by atoms with Gasteiger partial charge in [-0.3, -0.25) is 9.69 Å². The summed E-state index contributed by atoms with van der Waals surface area (Å²) in [6, 6.07) is 6.08. The van der Waals surface area contributed by atoms with Crippen LogP contribution in [0.2, 0.25) is 0 Å². The molecule has 4 nitrogen and oxygen atoms in total. The van der Waals surface area contributed by atoms with E-state index in [0.29, 0.717) is 5.56 Å². The van der Waals surface area contributed by atoms with Crippen molar-refractivity contribution in [2.45, 2.75) is 32.2 Å². The molecule has 1 aromatic rings. The molecule has 0 aromatic heterocycles. The quantitative estimate of drug-likeness (QED) is 0.919. The number of hydrogen-bond donors (Lipinski definition) is 1. The summed E-state index contributed by atoms with van der Waals surface area (Å²) in [5, 5.41) is 0. The second-order valence-electron chi connectivity index (χ2n) is 6.11. The van der Waals surface area contributed by atoms with Gasteiger partial charge in [0.05, 0.1) is 13.2 Å². The first kappa shape index (κ1) is 18.0. The van der Waals surface area contributed by atoms with E-state index in [0.717, 1.165) is 51.3 Å². The van der Waals surface area contributed by atoms with Gasteiger partial charge in [-0.15, -0.1) is 12.4 Å². The number of amides is 1. The van der Waals surface area contributed by atoms with E-state index in [2.05, 4.69) is 17.0 Å². The van der Waals surface area contributed by atoms with Crippen LogP contribution < -0.4 is 5.73 Å². The van der Waals surface area contributed by atoms with Gasteiger partial charge in [-0.2, -0.15) is 0 Å². The molecule has 0 radical (unpaired) electrons. The minimum Gasteiger partial charge on any atom is -0.379 e. The third-order valence-corrected chi connectivity index (χ3v) is 4.50. The average Bonchev–Trinajstić information content (AvgIpc) is 2.56. The Kier molecular flexibility index (Phi) is 6.63. The van der Waals surface area contributed by atoms with E-state index in [1.54, 1.807) is 0 Å². The van der Waals surface area contributed by atoms with E-state index in [4.69, 9.17) is 10.5 Å². The first-order valence-corrected chi connectivity index (χ1v) is 8.16. The van der Waals surface area contributed by atoms with Crippen molar-refractivity contribution >= 4 is 23.9 Å². The number of halogens is 1. The molecule has 0 unspecified atom stereocenters. The van der Waals surface area contributed by atoms with Crippen LogP contribution in [0.25, 0.3) is 5.57 Å². The summed E-state index contributed by atoms with van der Waals surface area (Å²) >= 11 is 0. The Labute approximate surface area is 144 Å². The molecule has 1 aliphatic heterocycles. The van der Waals surface area contributed by atoms with Gasteiger partial charge in [-0.25, -0.2) is 0 Å². The molecule has 1 heterocycles. The minimum atomic E-state index is -0.334. The summed E-state index contributed by atoms with van der Waals surface area (Å²) in [5.41, 5.74) is 9.78. The third kappa shape index (κ3) is 4.56. The van der Waals surface area contributed by atoms with E-state index < -0.39 is 0 Å². The number of nitrogens with zero attached hydrogens (tertiary/aromatic N) is 1. The molecule has 0 saturated carbocycles. The zero-order valence-corrected chi connectivity index (χ0v) is 14.2. The van der Waals surface area contributed by atoms with E-state index >= 15 is 0 Å². The zero-order valence-electron chi connectivity index (χ0n) is 13.4. The van der Waals surface area contributed by atoms with Crippen molar-refractivity contribution in [1.82, 2.24) is 4.90 Å². The lowest BCUT2D eigenvalue weighted by atomic mass is 9.89. The fourth-order valence-electron chi connectivity index (χ4n) is 3.27. The van der Waals surface area contributed by atoms with Gasteiger partial charge in [0.15, 0.2) is 0 Å². The van der Waals surface area contributed by atoms with Crippen LogP contribution in [0.15, 0.2) is 24.3 Å². The molecule has 0 spiro atoms. The van der Waals surface area contributed by atoms with Gasteiger partial charge < -0.3 is 10.5 Å². The van der Waals surface area contributed by atoms with E-state index in [1.807, 2.05) is 12.1 Å². The van der Waals surface area contributed by atoms with E-state index in [1.165, 1.54) is 24.0 Å². The Hall–Kier alpha value is -1.36. The molecule has 1 saturated heterocycles. The highest BCUT2D eigenvalue weighted by Gasteiger charge is 2.16. The number of benzene rings is 1. The molecule has 1 fully saturated rings. The molecular formula is C18H25ClN2O2. The molecule has 5 heteroatoms. The van der Waals surface area contributed by atoms with Crippen molar-refractivity contribution in [2.75, 3.05) is 26.3 Å². The monoisotopic (exact) mass is 336 g/mol. The largest absolute Gasteiger partial charge is 0.379 e. The normalized spacial score (nSPS) is 18.9. The fourth-order valence-corrected chi connectivity index (χ4v) is 3.27. The number of morpholine rings is 1. The Morgan fingerprint density at radius 2 is 2.00 bits per heavy atom. The van der Waals surface area contributed by atoms with Crippen molar-refractivity contribution in [3.8, 4) is 0 Å². The second-order valence-corrected chi connectivity index (χ2v) is 6.11. The van der Waals surface area contributed by atoms with Crippen LogP contribution in [-0.2, 0) is 11.3 Å². The van der Waals surface area contributed by atoms with Crippen LogP contribution in [0.5, 0.6) is 0 Å². The average molecular weight is 337 g/mol. The Bertz CT molecular complexity index is 580. The number of carbonyl (C=O) groups excluding carboxylic acids is 1. The number of allylic oxidation sites excluding steroid dienone is 2. The molecule has 3 rings (SSSR count). The standard InChI is InChI=1S/C18H24N2O2.ClH/c19-18(21)16-7-6-14(13-20-8-10-22-11-9-20)12-17(16)15-4-2-1-3-5-15;/h4,6-7,12H,1-3,5,8-11,13H2,(H2,19,21);1H.